The number of para-hydroxylation sites is 1. The Morgan fingerprint density at radius 2 is 1.71 bits per heavy atom. The van der Waals surface area contributed by atoms with Crippen molar-refractivity contribution in [1.29, 1.82) is 0 Å². The van der Waals surface area contributed by atoms with Crippen LogP contribution in [0.3, 0.4) is 0 Å². The van der Waals surface area contributed by atoms with Crippen molar-refractivity contribution in [3.63, 3.8) is 0 Å². The number of nitrogens with one attached hydrogen (secondary N) is 2. The highest BCUT2D eigenvalue weighted by Crippen LogP contribution is 2.14. The molecule has 2 aromatic carbocycles. The second-order valence-electron chi connectivity index (χ2n) is 5.90. The van der Waals surface area contributed by atoms with Crippen molar-refractivity contribution in [1.82, 2.24) is 10.9 Å². The maximum Gasteiger partial charge on any atom is 0.305 e. The first-order chi connectivity index (χ1) is 13.6. The van der Waals surface area contributed by atoms with Crippen molar-refractivity contribution < 1.29 is 23.5 Å². The van der Waals surface area contributed by atoms with Crippen LogP contribution in [-0.2, 0) is 17.8 Å². The van der Waals surface area contributed by atoms with Crippen LogP contribution in [0.1, 0.15) is 21.9 Å². The molecular formula is C21H20N2O5. The molecular weight excluding hydrogens is 360 g/mol. The number of hydrogen-bond donors (Lipinski definition) is 2. The fourth-order valence-corrected chi connectivity index (χ4v) is 2.45. The number of carbonyl (C=O) groups is 2. The lowest BCUT2D eigenvalue weighted by Gasteiger charge is -2.07. The smallest absolute Gasteiger partial charge is 0.305 e. The van der Waals surface area contributed by atoms with Gasteiger partial charge in [-0.05, 0) is 42.0 Å². The summed E-state index contributed by atoms with van der Waals surface area (Å²) in [5, 5.41) is 0. The van der Waals surface area contributed by atoms with Gasteiger partial charge in [0.05, 0.1) is 13.5 Å². The maximum atomic E-state index is 12.1. The van der Waals surface area contributed by atoms with E-state index in [2.05, 4.69) is 10.9 Å². The van der Waals surface area contributed by atoms with Crippen molar-refractivity contribution in [2.45, 2.75) is 13.0 Å². The summed E-state index contributed by atoms with van der Waals surface area (Å²) in [6, 6.07) is 19.6. The monoisotopic (exact) mass is 380 g/mol. The molecule has 0 atom stereocenters. The highest BCUT2D eigenvalue weighted by Gasteiger charge is 2.13. The standard InChI is InChI=1S/C21H20N2O5/c1-26-17-9-5-6-15(12-17)13-20(24)22-23-21(25)19-11-10-18(28-19)14-27-16-7-3-2-4-8-16/h2-12H,13-14H2,1H3,(H,22,24)(H,23,25). The SMILES string of the molecule is COc1cccc(CC(=O)NNC(=O)c2ccc(COc3ccccc3)o2)c1. The Hall–Kier alpha value is -3.74. The minimum atomic E-state index is -0.551. The Morgan fingerprint density at radius 3 is 2.50 bits per heavy atom. The van der Waals surface area contributed by atoms with E-state index >= 15 is 0 Å². The van der Waals surface area contributed by atoms with Crippen LogP contribution in [0.4, 0.5) is 0 Å². The Kier molecular flexibility index (Phi) is 6.30. The average molecular weight is 380 g/mol. The van der Waals surface area contributed by atoms with E-state index in [0.717, 1.165) is 5.56 Å². The van der Waals surface area contributed by atoms with Crippen LogP contribution in [-0.4, -0.2) is 18.9 Å². The number of hydrogen-bond acceptors (Lipinski definition) is 5. The van der Waals surface area contributed by atoms with Gasteiger partial charge in [0.1, 0.15) is 23.9 Å². The van der Waals surface area contributed by atoms with Crippen LogP contribution in [0.25, 0.3) is 0 Å². The van der Waals surface area contributed by atoms with Gasteiger partial charge in [-0.1, -0.05) is 30.3 Å². The second kappa shape index (κ2) is 9.27. The molecule has 0 unspecified atom stereocenters. The predicted octanol–water partition coefficient (Wildman–Crippen LogP) is 2.87. The molecule has 7 heteroatoms. The van der Waals surface area contributed by atoms with Crippen molar-refractivity contribution in [2.75, 3.05) is 7.11 Å². The largest absolute Gasteiger partial charge is 0.497 e. The van der Waals surface area contributed by atoms with E-state index in [1.165, 1.54) is 6.07 Å². The summed E-state index contributed by atoms with van der Waals surface area (Å²) in [6.07, 6.45) is 0.103. The molecule has 0 fully saturated rings. The second-order valence-corrected chi connectivity index (χ2v) is 5.90. The van der Waals surface area contributed by atoms with Gasteiger partial charge < -0.3 is 13.9 Å². The molecule has 7 nitrogen and oxygen atoms in total. The highest BCUT2D eigenvalue weighted by molar-refractivity contribution is 5.93. The van der Waals surface area contributed by atoms with E-state index in [1.54, 1.807) is 37.4 Å². The Morgan fingerprint density at radius 1 is 0.929 bits per heavy atom. The van der Waals surface area contributed by atoms with E-state index < -0.39 is 5.91 Å². The third-order valence-electron chi connectivity index (χ3n) is 3.82. The van der Waals surface area contributed by atoms with Gasteiger partial charge in [-0.2, -0.15) is 0 Å². The van der Waals surface area contributed by atoms with Gasteiger partial charge in [0, 0.05) is 0 Å². The normalized spacial score (nSPS) is 10.2. The molecule has 0 aliphatic carbocycles. The molecule has 2 amide bonds. The molecule has 0 bridgehead atoms. The van der Waals surface area contributed by atoms with Crippen molar-refractivity contribution in [2.24, 2.45) is 0 Å². The minimum Gasteiger partial charge on any atom is -0.497 e. The van der Waals surface area contributed by atoms with Crippen molar-refractivity contribution in [3.05, 3.63) is 83.8 Å². The van der Waals surface area contributed by atoms with Crippen LogP contribution in [0.15, 0.2) is 71.1 Å². The van der Waals surface area contributed by atoms with Gasteiger partial charge in [-0.15, -0.1) is 0 Å². The Labute approximate surface area is 162 Å². The van der Waals surface area contributed by atoms with Crippen LogP contribution < -0.4 is 20.3 Å². The number of carbonyl (C=O) groups excluding carboxylic acids is 2. The van der Waals surface area contributed by atoms with Crippen LogP contribution in [0, 0.1) is 0 Å². The van der Waals surface area contributed by atoms with E-state index in [-0.39, 0.29) is 24.7 Å². The molecule has 2 N–H and O–H groups in total. The van der Waals surface area contributed by atoms with Gasteiger partial charge in [-0.3, -0.25) is 20.4 Å². The summed E-state index contributed by atoms with van der Waals surface area (Å²) in [4.78, 5) is 24.1. The molecule has 1 heterocycles. The van der Waals surface area contributed by atoms with Gasteiger partial charge in [-0.25, -0.2) is 0 Å². The number of rotatable bonds is 7. The fourth-order valence-electron chi connectivity index (χ4n) is 2.45. The molecule has 144 valence electrons. The number of methoxy groups -OCH3 is 1. The number of furan rings is 1. The topological polar surface area (TPSA) is 89.8 Å². The van der Waals surface area contributed by atoms with Gasteiger partial charge in [0.15, 0.2) is 5.76 Å². The van der Waals surface area contributed by atoms with Gasteiger partial charge in [0.2, 0.25) is 5.91 Å². The van der Waals surface area contributed by atoms with Gasteiger partial charge >= 0.3 is 5.91 Å². The molecule has 1 aromatic heterocycles. The molecule has 0 aliphatic rings. The molecule has 3 rings (SSSR count). The molecule has 0 spiro atoms. The van der Waals surface area contributed by atoms with Crippen LogP contribution >= 0.6 is 0 Å². The van der Waals surface area contributed by atoms with Gasteiger partial charge in [0.25, 0.3) is 0 Å². The number of ether oxygens (including phenoxy) is 2. The zero-order chi connectivity index (χ0) is 19.8. The molecule has 0 saturated heterocycles. The van der Waals surface area contributed by atoms with Crippen LogP contribution in [0.5, 0.6) is 11.5 Å². The van der Waals surface area contributed by atoms with E-state index in [1.807, 2.05) is 30.3 Å². The molecule has 0 radical (unpaired) electrons. The number of hydrazine groups is 1. The summed E-state index contributed by atoms with van der Waals surface area (Å²) in [5.74, 6) is 1.03. The summed E-state index contributed by atoms with van der Waals surface area (Å²) in [7, 11) is 1.56. The third-order valence-corrected chi connectivity index (χ3v) is 3.82. The van der Waals surface area contributed by atoms with E-state index in [0.29, 0.717) is 17.3 Å². The first-order valence-corrected chi connectivity index (χ1v) is 8.63. The average Bonchev–Trinajstić information content (AvgIpc) is 3.20. The van der Waals surface area contributed by atoms with Crippen molar-refractivity contribution >= 4 is 11.8 Å². The summed E-state index contributed by atoms with van der Waals surface area (Å²) >= 11 is 0. The number of amides is 2. The van der Waals surface area contributed by atoms with E-state index in [4.69, 9.17) is 13.9 Å². The summed E-state index contributed by atoms with van der Waals surface area (Å²) in [6.45, 7) is 0.194. The molecule has 0 aliphatic heterocycles. The summed E-state index contributed by atoms with van der Waals surface area (Å²) in [5.41, 5.74) is 5.46. The molecule has 0 saturated carbocycles. The zero-order valence-electron chi connectivity index (χ0n) is 15.3. The highest BCUT2D eigenvalue weighted by atomic mass is 16.5. The Bertz CT molecular complexity index is 937. The third kappa shape index (κ3) is 5.38. The Balaban J connectivity index is 1.46. The fraction of sp³-hybridized carbons (Fsp3) is 0.143. The zero-order valence-corrected chi connectivity index (χ0v) is 15.3. The predicted molar refractivity (Wildman–Crippen MR) is 102 cm³/mol. The lowest BCUT2D eigenvalue weighted by molar-refractivity contribution is -0.121. The summed E-state index contributed by atoms with van der Waals surface area (Å²) < 4.78 is 16.1. The lowest BCUT2D eigenvalue weighted by atomic mass is 10.1. The first kappa shape index (κ1) is 19.0. The molecule has 28 heavy (non-hydrogen) atoms. The quantitative estimate of drug-likeness (QED) is 0.615. The molecule has 3 aromatic rings. The lowest BCUT2D eigenvalue weighted by Crippen LogP contribution is -2.42. The van der Waals surface area contributed by atoms with Crippen molar-refractivity contribution in [3.8, 4) is 11.5 Å². The van der Waals surface area contributed by atoms with Crippen LogP contribution in [0.2, 0.25) is 0 Å². The maximum absolute atomic E-state index is 12.1. The first-order valence-electron chi connectivity index (χ1n) is 8.63. The number of benzene rings is 2. The van der Waals surface area contributed by atoms with E-state index in [9.17, 15) is 9.59 Å². The minimum absolute atomic E-state index is 0.0772.